The van der Waals surface area contributed by atoms with Crippen LogP contribution in [0.3, 0.4) is 0 Å². The average Bonchev–Trinajstić information content (AvgIpc) is 3.35. The second-order valence-corrected chi connectivity index (χ2v) is 15.7. The predicted octanol–water partition coefficient (Wildman–Crippen LogP) is 3.42. The van der Waals surface area contributed by atoms with Crippen molar-refractivity contribution in [3.8, 4) is 0 Å². The Morgan fingerprint density at radius 3 is 0.871 bits per heavy atom. The van der Waals surface area contributed by atoms with Crippen molar-refractivity contribution in [1.82, 2.24) is 0 Å². The fourth-order valence-corrected chi connectivity index (χ4v) is 6.43. The van der Waals surface area contributed by atoms with Crippen molar-refractivity contribution in [2.75, 3.05) is 66.1 Å². The van der Waals surface area contributed by atoms with Gasteiger partial charge in [0.25, 0.3) is 0 Å². The monoisotopic (exact) mass is 998 g/mol. The molecule has 0 radical (unpaired) electrons. The number of carboxylic acids is 2. The van der Waals surface area contributed by atoms with Crippen LogP contribution in [-0.4, -0.2) is 166 Å². The topological polar surface area (TPSA) is 303 Å². The Hall–Kier alpha value is -5.68. The molecule has 7 atom stereocenters. The highest BCUT2D eigenvalue weighted by atomic mass is 16.6. The largest absolute Gasteiger partial charge is 0.479 e. The second-order valence-electron chi connectivity index (χ2n) is 15.7. The molecule has 2 N–H and O–H groups in total. The molecule has 3 unspecified atom stereocenters. The van der Waals surface area contributed by atoms with Crippen molar-refractivity contribution in [2.24, 2.45) is 11.8 Å². The van der Waals surface area contributed by atoms with Crippen molar-refractivity contribution in [1.29, 1.82) is 0 Å². The summed E-state index contributed by atoms with van der Waals surface area (Å²) >= 11 is 0. The lowest BCUT2D eigenvalue weighted by Crippen LogP contribution is -2.35. The van der Waals surface area contributed by atoms with E-state index in [1.807, 2.05) is 0 Å². The predicted molar refractivity (Wildman–Crippen MR) is 243 cm³/mol. The molecule has 0 aliphatic carbocycles. The number of carbonyl (C=O) groups excluding carboxylic acids is 8. The lowest BCUT2D eigenvalue weighted by molar-refractivity contribution is -0.164. The van der Waals surface area contributed by atoms with Crippen LogP contribution in [0.5, 0.6) is 0 Å². The van der Waals surface area contributed by atoms with E-state index < -0.39 is 42.5 Å². The van der Waals surface area contributed by atoms with Crippen LogP contribution in [0.4, 0.5) is 0 Å². The van der Waals surface area contributed by atoms with Gasteiger partial charge in [-0.1, -0.05) is 18.2 Å². The van der Waals surface area contributed by atoms with Crippen molar-refractivity contribution in [3.63, 3.8) is 0 Å². The van der Waals surface area contributed by atoms with Crippen LogP contribution >= 0.6 is 0 Å². The molecule has 0 amide bonds. The van der Waals surface area contributed by atoms with Gasteiger partial charge in [0.2, 0.25) is 0 Å². The van der Waals surface area contributed by atoms with Crippen LogP contribution in [0.25, 0.3) is 0 Å². The number of rotatable bonds is 15. The molecule has 5 aliphatic heterocycles. The fourth-order valence-electron chi connectivity index (χ4n) is 6.43. The number of hydrogen-bond donors (Lipinski definition) is 2. The van der Waals surface area contributed by atoms with Crippen molar-refractivity contribution >= 4 is 59.1 Å². The molecule has 0 spiro atoms. The van der Waals surface area contributed by atoms with E-state index in [1.54, 1.807) is 52.8 Å². The maximum atomic E-state index is 11.2. The minimum Gasteiger partial charge on any atom is -0.479 e. The van der Waals surface area contributed by atoms with Gasteiger partial charge in [-0.25, -0.2) is 24.0 Å². The van der Waals surface area contributed by atoms with Gasteiger partial charge in [0.05, 0.1) is 94.6 Å². The molecule has 5 aliphatic rings. The number of Topliss-reactive ketones (excluding diaryl/α,β-unsaturated/α-hetero) is 3. The highest BCUT2D eigenvalue weighted by molar-refractivity contribution is 5.91. The quantitative estimate of drug-likeness (QED) is 0.175. The Bertz CT molecular complexity index is 1670. The number of esters is 5. The van der Waals surface area contributed by atoms with Crippen LogP contribution in [0.15, 0.2) is 34.9 Å². The van der Waals surface area contributed by atoms with E-state index in [2.05, 4.69) is 0 Å². The minimum atomic E-state index is -0.965. The molecule has 2 fully saturated rings. The van der Waals surface area contributed by atoms with Gasteiger partial charge in [-0.2, -0.15) is 0 Å². The van der Waals surface area contributed by atoms with Crippen molar-refractivity contribution in [2.45, 2.75) is 131 Å². The first-order valence-corrected chi connectivity index (χ1v) is 23.2. The molecular formula is C48H70O22. The summed E-state index contributed by atoms with van der Waals surface area (Å²) in [6.07, 6.45) is 5.62. The third kappa shape index (κ3) is 23.8. The maximum absolute atomic E-state index is 11.2. The molecular weight excluding hydrogens is 929 g/mol. The molecule has 22 nitrogen and oxygen atoms in total. The van der Waals surface area contributed by atoms with Crippen molar-refractivity contribution in [3.05, 3.63) is 34.9 Å². The molecule has 2 saturated heterocycles. The molecule has 394 valence electrons. The average molecular weight is 999 g/mol. The molecule has 22 heteroatoms. The normalized spacial score (nSPS) is 23.5. The van der Waals surface area contributed by atoms with E-state index in [0.717, 1.165) is 0 Å². The van der Waals surface area contributed by atoms with Crippen LogP contribution in [0.1, 0.15) is 100 Å². The first-order chi connectivity index (χ1) is 33.2. The Labute approximate surface area is 407 Å². The summed E-state index contributed by atoms with van der Waals surface area (Å²) in [4.78, 5) is 110. The Balaban J connectivity index is 0.000000437. The van der Waals surface area contributed by atoms with Gasteiger partial charge in [0, 0.05) is 0 Å². The number of aliphatic carboxylic acids is 2. The van der Waals surface area contributed by atoms with Gasteiger partial charge in [-0.15, -0.1) is 0 Å². The standard InChI is InChI=1S/3C10H14O4.2C9H14O5/c3*1-3-13-10(12)8-4-5-9(7(2)11)14-6-8;2*1-2-13-9(12)6-3-4-7(8(10)11)14-5-6/h3*4,9H,3,5-6H2,1-2H3;2*6-7H,2-5H2,1H3,(H,10,11)/t2*9-;;2*6?,7-/m10.10/s1. The molecule has 0 aromatic rings. The van der Waals surface area contributed by atoms with E-state index in [0.29, 0.717) is 94.7 Å². The van der Waals surface area contributed by atoms with Gasteiger partial charge in [-0.3, -0.25) is 24.0 Å². The molecule has 0 aromatic carbocycles. The van der Waals surface area contributed by atoms with Crippen LogP contribution in [-0.2, 0) is 95.3 Å². The van der Waals surface area contributed by atoms with Gasteiger partial charge in [0.15, 0.2) is 29.6 Å². The molecule has 0 saturated carbocycles. The third-order valence-corrected chi connectivity index (χ3v) is 10.4. The van der Waals surface area contributed by atoms with Crippen LogP contribution < -0.4 is 0 Å². The molecule has 5 heterocycles. The molecule has 0 bridgehead atoms. The Kier molecular flexibility index (Phi) is 30.8. The maximum Gasteiger partial charge on any atom is 0.336 e. The summed E-state index contributed by atoms with van der Waals surface area (Å²) in [6.45, 7) is 15.7. The first-order valence-electron chi connectivity index (χ1n) is 23.2. The van der Waals surface area contributed by atoms with Gasteiger partial charge in [0.1, 0.15) is 18.3 Å². The highest BCUT2D eigenvalue weighted by Crippen LogP contribution is 2.22. The van der Waals surface area contributed by atoms with E-state index in [4.69, 9.17) is 57.6 Å². The van der Waals surface area contributed by atoms with E-state index in [-0.39, 0.29) is 92.1 Å². The zero-order chi connectivity index (χ0) is 52.8. The minimum absolute atomic E-state index is 0.0100. The van der Waals surface area contributed by atoms with Gasteiger partial charge in [-0.05, 0) is 100 Å². The smallest absolute Gasteiger partial charge is 0.336 e. The number of carbonyl (C=O) groups is 10. The zero-order valence-corrected chi connectivity index (χ0v) is 41.4. The lowest BCUT2D eigenvalue weighted by Gasteiger charge is -2.24. The van der Waals surface area contributed by atoms with E-state index in [9.17, 15) is 47.9 Å². The number of ketones is 3. The summed E-state index contributed by atoms with van der Waals surface area (Å²) in [6, 6.07) is 0. The lowest BCUT2D eigenvalue weighted by atomic mass is 9.99. The summed E-state index contributed by atoms with van der Waals surface area (Å²) in [5.74, 6) is -4.21. The number of carboxylic acid groups (broad SMARTS) is 2. The van der Waals surface area contributed by atoms with Crippen LogP contribution in [0, 0.1) is 11.8 Å². The number of hydrogen-bond acceptors (Lipinski definition) is 20. The van der Waals surface area contributed by atoms with Crippen molar-refractivity contribution < 1.29 is 106 Å². The fraction of sp³-hybridized carbons (Fsp3) is 0.667. The van der Waals surface area contributed by atoms with E-state index in [1.165, 1.54) is 20.8 Å². The summed E-state index contributed by atoms with van der Waals surface area (Å²) in [5.41, 5.74) is 1.51. The summed E-state index contributed by atoms with van der Waals surface area (Å²) in [7, 11) is 0. The van der Waals surface area contributed by atoms with E-state index >= 15 is 0 Å². The number of ether oxygens (including phenoxy) is 10. The summed E-state index contributed by atoms with van der Waals surface area (Å²) < 4.78 is 49.7. The molecule has 5 rings (SSSR count). The zero-order valence-electron chi connectivity index (χ0n) is 41.4. The first kappa shape index (κ1) is 62.3. The third-order valence-electron chi connectivity index (χ3n) is 10.4. The van der Waals surface area contributed by atoms with Crippen LogP contribution in [0.2, 0.25) is 0 Å². The second kappa shape index (κ2) is 34.6. The SMILES string of the molecule is CCOC(=O)C1=CCC(C(C)=O)OC1.CCOC(=O)C1=CC[C@@H](C(C)=O)OC1.CCOC(=O)C1=CC[C@H](C(C)=O)OC1.CCOC(=O)C1CC[C@@H](C(=O)O)OC1.CCOC(=O)C1CC[C@H](C(=O)O)OC1. The Morgan fingerprint density at radius 2 is 0.700 bits per heavy atom. The Morgan fingerprint density at radius 1 is 0.429 bits per heavy atom. The molecule has 70 heavy (non-hydrogen) atoms. The van der Waals surface area contributed by atoms with Gasteiger partial charge < -0.3 is 57.6 Å². The summed E-state index contributed by atoms with van der Waals surface area (Å²) in [5, 5.41) is 17.3. The highest BCUT2D eigenvalue weighted by Gasteiger charge is 2.33. The van der Waals surface area contributed by atoms with Gasteiger partial charge >= 0.3 is 41.8 Å². The molecule has 0 aromatic heterocycles.